The number of para-hydroxylation sites is 1. The SMILES string of the molecule is CCNCc1ccccc1OC(C)C(=O)N1CCOCC1. The van der Waals surface area contributed by atoms with E-state index in [0.717, 1.165) is 24.4 Å². The summed E-state index contributed by atoms with van der Waals surface area (Å²) in [5.41, 5.74) is 1.07. The standard InChI is InChI=1S/C16H24N2O3/c1-3-17-12-14-6-4-5-7-15(14)21-13(2)16(19)18-8-10-20-11-9-18/h4-7,13,17H,3,8-12H2,1-2H3. The quantitative estimate of drug-likeness (QED) is 0.861. The molecule has 1 aliphatic rings. The molecule has 1 aromatic carbocycles. The number of carbonyl (C=O) groups excluding carboxylic acids is 1. The van der Waals surface area contributed by atoms with Crippen LogP contribution < -0.4 is 10.1 Å². The van der Waals surface area contributed by atoms with Crippen LogP contribution in [-0.2, 0) is 16.1 Å². The fraction of sp³-hybridized carbons (Fsp3) is 0.562. The summed E-state index contributed by atoms with van der Waals surface area (Å²) in [7, 11) is 0. The maximum Gasteiger partial charge on any atom is 0.263 e. The van der Waals surface area contributed by atoms with Crippen LogP contribution in [0.2, 0.25) is 0 Å². The lowest BCUT2D eigenvalue weighted by molar-refractivity contribution is -0.142. The van der Waals surface area contributed by atoms with Gasteiger partial charge in [0.1, 0.15) is 5.75 Å². The lowest BCUT2D eigenvalue weighted by atomic mass is 10.2. The largest absolute Gasteiger partial charge is 0.481 e. The topological polar surface area (TPSA) is 50.8 Å². The minimum Gasteiger partial charge on any atom is -0.481 e. The third-order valence-corrected chi connectivity index (χ3v) is 3.51. The molecule has 116 valence electrons. The molecule has 1 N–H and O–H groups in total. The van der Waals surface area contributed by atoms with Gasteiger partial charge in [0, 0.05) is 25.2 Å². The minimum atomic E-state index is -0.481. The van der Waals surface area contributed by atoms with Gasteiger partial charge in [0.2, 0.25) is 0 Å². The molecule has 21 heavy (non-hydrogen) atoms. The average molecular weight is 292 g/mol. The van der Waals surface area contributed by atoms with E-state index in [0.29, 0.717) is 26.3 Å². The van der Waals surface area contributed by atoms with Gasteiger partial charge in [0.15, 0.2) is 6.10 Å². The number of rotatable bonds is 6. The Labute approximate surface area is 126 Å². The van der Waals surface area contributed by atoms with Crippen LogP contribution in [-0.4, -0.2) is 49.8 Å². The smallest absolute Gasteiger partial charge is 0.263 e. The van der Waals surface area contributed by atoms with Crippen molar-refractivity contribution in [3.05, 3.63) is 29.8 Å². The van der Waals surface area contributed by atoms with Crippen LogP contribution in [0, 0.1) is 0 Å². The van der Waals surface area contributed by atoms with Crippen LogP contribution in [0.15, 0.2) is 24.3 Å². The van der Waals surface area contributed by atoms with Crippen molar-refractivity contribution in [1.29, 1.82) is 0 Å². The first-order valence-electron chi connectivity index (χ1n) is 7.54. The van der Waals surface area contributed by atoms with E-state index in [2.05, 4.69) is 12.2 Å². The first-order valence-corrected chi connectivity index (χ1v) is 7.54. The summed E-state index contributed by atoms with van der Waals surface area (Å²) in [5.74, 6) is 0.795. The van der Waals surface area contributed by atoms with E-state index < -0.39 is 6.10 Å². The Kier molecular flexibility index (Phi) is 6.02. The number of hydrogen-bond donors (Lipinski definition) is 1. The van der Waals surface area contributed by atoms with Gasteiger partial charge in [-0.2, -0.15) is 0 Å². The Morgan fingerprint density at radius 2 is 2.10 bits per heavy atom. The zero-order chi connectivity index (χ0) is 15.1. The number of nitrogens with one attached hydrogen (secondary N) is 1. The average Bonchev–Trinajstić information content (AvgIpc) is 2.54. The first kappa shape index (κ1) is 15.8. The van der Waals surface area contributed by atoms with Crippen LogP contribution in [0.25, 0.3) is 0 Å². The molecule has 0 aliphatic carbocycles. The van der Waals surface area contributed by atoms with Crippen LogP contribution >= 0.6 is 0 Å². The molecule has 0 spiro atoms. The van der Waals surface area contributed by atoms with Crippen molar-refractivity contribution < 1.29 is 14.3 Å². The Balaban J connectivity index is 1.98. The summed E-state index contributed by atoms with van der Waals surface area (Å²) in [6.45, 7) is 8.01. The molecule has 1 fully saturated rings. The number of amides is 1. The van der Waals surface area contributed by atoms with Gasteiger partial charge in [-0.3, -0.25) is 4.79 Å². The van der Waals surface area contributed by atoms with E-state index in [-0.39, 0.29) is 5.91 Å². The second-order valence-electron chi connectivity index (χ2n) is 5.09. The molecule has 1 saturated heterocycles. The monoisotopic (exact) mass is 292 g/mol. The second kappa shape index (κ2) is 8.00. The number of hydrogen-bond acceptors (Lipinski definition) is 4. The number of carbonyl (C=O) groups is 1. The van der Waals surface area contributed by atoms with E-state index in [9.17, 15) is 4.79 Å². The molecule has 1 aromatic rings. The maximum atomic E-state index is 12.4. The summed E-state index contributed by atoms with van der Waals surface area (Å²) >= 11 is 0. The van der Waals surface area contributed by atoms with Crippen LogP contribution in [0.5, 0.6) is 5.75 Å². The van der Waals surface area contributed by atoms with Crippen LogP contribution in [0.4, 0.5) is 0 Å². The lowest BCUT2D eigenvalue weighted by Gasteiger charge is -2.29. The van der Waals surface area contributed by atoms with Gasteiger partial charge in [0.25, 0.3) is 5.91 Å². The molecule has 1 amide bonds. The molecular formula is C16H24N2O3. The van der Waals surface area contributed by atoms with Crippen molar-refractivity contribution in [2.75, 3.05) is 32.8 Å². The van der Waals surface area contributed by atoms with Gasteiger partial charge in [-0.05, 0) is 19.5 Å². The van der Waals surface area contributed by atoms with E-state index in [1.165, 1.54) is 0 Å². The number of benzene rings is 1. The first-order chi connectivity index (χ1) is 10.2. The molecule has 1 atom stereocenters. The zero-order valence-electron chi connectivity index (χ0n) is 12.8. The van der Waals surface area contributed by atoms with Crippen molar-refractivity contribution in [2.24, 2.45) is 0 Å². The van der Waals surface area contributed by atoms with Crippen molar-refractivity contribution in [2.45, 2.75) is 26.5 Å². The number of nitrogens with zero attached hydrogens (tertiary/aromatic N) is 1. The van der Waals surface area contributed by atoms with Crippen molar-refractivity contribution in [1.82, 2.24) is 10.2 Å². The number of morpholine rings is 1. The zero-order valence-corrected chi connectivity index (χ0v) is 12.8. The highest BCUT2D eigenvalue weighted by molar-refractivity contribution is 5.81. The van der Waals surface area contributed by atoms with E-state index >= 15 is 0 Å². The highest BCUT2D eigenvalue weighted by Gasteiger charge is 2.24. The summed E-state index contributed by atoms with van der Waals surface area (Å²) in [6, 6.07) is 7.84. The summed E-state index contributed by atoms with van der Waals surface area (Å²) in [6.07, 6.45) is -0.481. The van der Waals surface area contributed by atoms with E-state index in [1.54, 1.807) is 4.90 Å². The highest BCUT2D eigenvalue weighted by atomic mass is 16.5. The maximum absolute atomic E-state index is 12.4. The lowest BCUT2D eigenvalue weighted by Crippen LogP contribution is -2.46. The van der Waals surface area contributed by atoms with Crippen molar-refractivity contribution >= 4 is 5.91 Å². The molecule has 5 heteroatoms. The van der Waals surface area contributed by atoms with Gasteiger partial charge < -0.3 is 19.7 Å². The second-order valence-corrected chi connectivity index (χ2v) is 5.09. The molecule has 0 radical (unpaired) electrons. The molecular weight excluding hydrogens is 268 g/mol. The Hall–Kier alpha value is -1.59. The molecule has 0 saturated carbocycles. The summed E-state index contributed by atoms with van der Waals surface area (Å²) < 4.78 is 11.2. The van der Waals surface area contributed by atoms with E-state index in [4.69, 9.17) is 9.47 Å². The molecule has 5 nitrogen and oxygen atoms in total. The fourth-order valence-electron chi connectivity index (χ4n) is 2.31. The third kappa shape index (κ3) is 4.44. The molecule has 1 heterocycles. The van der Waals surface area contributed by atoms with E-state index in [1.807, 2.05) is 31.2 Å². The molecule has 1 aliphatic heterocycles. The molecule has 0 aromatic heterocycles. The highest BCUT2D eigenvalue weighted by Crippen LogP contribution is 2.20. The predicted molar refractivity (Wildman–Crippen MR) is 81.3 cm³/mol. The van der Waals surface area contributed by atoms with Gasteiger partial charge >= 0.3 is 0 Å². The Morgan fingerprint density at radius 3 is 2.81 bits per heavy atom. The minimum absolute atomic E-state index is 0.0246. The number of ether oxygens (including phenoxy) is 2. The van der Waals surface area contributed by atoms with Crippen molar-refractivity contribution in [3.8, 4) is 5.75 Å². The fourth-order valence-corrected chi connectivity index (χ4v) is 2.31. The third-order valence-electron chi connectivity index (χ3n) is 3.51. The summed E-state index contributed by atoms with van der Waals surface area (Å²) in [5, 5.41) is 3.28. The predicted octanol–water partition coefficient (Wildman–Crippen LogP) is 1.42. The van der Waals surface area contributed by atoms with Gasteiger partial charge in [-0.1, -0.05) is 25.1 Å². The van der Waals surface area contributed by atoms with Crippen LogP contribution in [0.1, 0.15) is 19.4 Å². The Morgan fingerprint density at radius 1 is 1.38 bits per heavy atom. The molecule has 1 unspecified atom stereocenters. The molecule has 0 bridgehead atoms. The van der Waals surface area contributed by atoms with Crippen molar-refractivity contribution in [3.63, 3.8) is 0 Å². The summed E-state index contributed by atoms with van der Waals surface area (Å²) in [4.78, 5) is 14.2. The van der Waals surface area contributed by atoms with Crippen LogP contribution in [0.3, 0.4) is 0 Å². The van der Waals surface area contributed by atoms with Gasteiger partial charge in [0.05, 0.1) is 13.2 Å². The Bertz CT molecular complexity index is 459. The van der Waals surface area contributed by atoms with Gasteiger partial charge in [-0.15, -0.1) is 0 Å². The van der Waals surface area contributed by atoms with Gasteiger partial charge in [-0.25, -0.2) is 0 Å². The molecule has 2 rings (SSSR count). The normalized spacial score (nSPS) is 16.6.